The van der Waals surface area contributed by atoms with E-state index >= 15 is 0 Å². The fourth-order valence-corrected chi connectivity index (χ4v) is 2.39. The monoisotopic (exact) mass is 356 g/mol. The van der Waals surface area contributed by atoms with Crippen molar-refractivity contribution in [1.29, 1.82) is 0 Å². The fourth-order valence-electron chi connectivity index (χ4n) is 2.39. The summed E-state index contributed by atoms with van der Waals surface area (Å²) in [6.07, 6.45) is 3.29. The highest BCUT2D eigenvalue weighted by molar-refractivity contribution is 5.66. The van der Waals surface area contributed by atoms with E-state index in [0.29, 0.717) is 35.6 Å². The maximum atomic E-state index is 5.36. The molecule has 8 heteroatoms. The Labute approximate surface area is 151 Å². The molecule has 0 bridgehead atoms. The van der Waals surface area contributed by atoms with E-state index < -0.39 is 0 Å². The second-order valence-electron chi connectivity index (χ2n) is 5.24. The Bertz CT molecular complexity index is 827. The summed E-state index contributed by atoms with van der Waals surface area (Å²) in [6.45, 7) is 0.501. The normalized spacial score (nSPS) is 10.3. The molecule has 0 aliphatic heterocycles. The average molecular weight is 356 g/mol. The van der Waals surface area contributed by atoms with Crippen molar-refractivity contribution in [3.05, 3.63) is 48.6 Å². The van der Waals surface area contributed by atoms with Crippen LogP contribution in [0.3, 0.4) is 0 Å². The molecule has 0 unspecified atom stereocenters. The summed E-state index contributed by atoms with van der Waals surface area (Å²) in [5.41, 5.74) is 0.746. The van der Waals surface area contributed by atoms with Gasteiger partial charge in [0, 0.05) is 24.0 Å². The maximum absolute atomic E-state index is 5.36. The van der Waals surface area contributed by atoms with Crippen LogP contribution in [0.4, 0.5) is 17.5 Å². The lowest BCUT2D eigenvalue weighted by Crippen LogP contribution is -2.04. The molecule has 0 saturated heterocycles. The lowest BCUT2D eigenvalue weighted by molar-refractivity contribution is 0.324. The van der Waals surface area contributed by atoms with Crippen LogP contribution in [0.15, 0.2) is 47.2 Å². The van der Waals surface area contributed by atoms with Crippen molar-refractivity contribution >= 4 is 17.5 Å². The smallest absolute Gasteiger partial charge is 0.224 e. The number of anilines is 3. The topological polar surface area (TPSA) is 90.7 Å². The number of nitrogens with zero attached hydrogens (tertiary/aromatic N) is 2. The number of hydrogen-bond donors (Lipinski definition) is 2. The number of rotatable bonds is 8. The van der Waals surface area contributed by atoms with Gasteiger partial charge >= 0.3 is 0 Å². The molecule has 0 aliphatic carbocycles. The summed E-state index contributed by atoms with van der Waals surface area (Å²) < 4.78 is 21.3. The van der Waals surface area contributed by atoms with Crippen molar-refractivity contribution in [2.45, 2.75) is 6.54 Å². The van der Waals surface area contributed by atoms with Gasteiger partial charge in [0.25, 0.3) is 0 Å². The molecule has 0 atom stereocenters. The van der Waals surface area contributed by atoms with Gasteiger partial charge in [-0.05, 0) is 18.2 Å². The Balaban J connectivity index is 1.77. The van der Waals surface area contributed by atoms with E-state index in [1.54, 1.807) is 52.0 Å². The van der Waals surface area contributed by atoms with Gasteiger partial charge in [-0.25, -0.2) is 4.98 Å². The van der Waals surface area contributed by atoms with Crippen LogP contribution in [0.2, 0.25) is 0 Å². The van der Waals surface area contributed by atoms with Gasteiger partial charge in [0.2, 0.25) is 11.7 Å². The summed E-state index contributed by atoms with van der Waals surface area (Å²) in [7, 11) is 4.71. The second-order valence-corrected chi connectivity index (χ2v) is 5.24. The van der Waals surface area contributed by atoms with E-state index in [0.717, 1.165) is 11.4 Å². The van der Waals surface area contributed by atoms with Crippen LogP contribution >= 0.6 is 0 Å². The minimum atomic E-state index is 0.485. The summed E-state index contributed by atoms with van der Waals surface area (Å²) >= 11 is 0. The zero-order chi connectivity index (χ0) is 18.4. The van der Waals surface area contributed by atoms with Gasteiger partial charge in [0.05, 0.1) is 34.1 Å². The molecule has 0 amide bonds. The standard InChI is InChI=1S/C18H20N4O4/c1-23-14-9-12(10-15(24-2)17(14)25-3)21-16-6-7-19-18(22-16)20-11-13-5-4-8-26-13/h4-10H,11H2,1-3H3,(H2,19,20,21,22). The Morgan fingerprint density at radius 1 is 1.04 bits per heavy atom. The number of hydrogen-bond acceptors (Lipinski definition) is 8. The molecule has 1 aromatic carbocycles. The molecule has 2 heterocycles. The van der Waals surface area contributed by atoms with Crippen LogP contribution < -0.4 is 24.8 Å². The predicted molar refractivity (Wildman–Crippen MR) is 97.4 cm³/mol. The van der Waals surface area contributed by atoms with E-state index in [2.05, 4.69) is 20.6 Å². The molecule has 0 radical (unpaired) electrons. The summed E-state index contributed by atoms with van der Waals surface area (Å²) in [5.74, 6) is 3.55. The van der Waals surface area contributed by atoms with Crippen LogP contribution in [-0.4, -0.2) is 31.3 Å². The van der Waals surface area contributed by atoms with Crippen molar-refractivity contribution in [1.82, 2.24) is 9.97 Å². The highest BCUT2D eigenvalue weighted by Crippen LogP contribution is 2.40. The Morgan fingerprint density at radius 2 is 1.81 bits per heavy atom. The van der Waals surface area contributed by atoms with E-state index in [4.69, 9.17) is 18.6 Å². The molecule has 0 aliphatic rings. The second kappa shape index (κ2) is 8.11. The van der Waals surface area contributed by atoms with Crippen LogP contribution in [0.1, 0.15) is 5.76 Å². The van der Waals surface area contributed by atoms with Crippen LogP contribution in [0.25, 0.3) is 0 Å². The van der Waals surface area contributed by atoms with Gasteiger partial charge in [0.1, 0.15) is 11.6 Å². The largest absolute Gasteiger partial charge is 0.493 e. The third kappa shape index (κ3) is 3.97. The first-order valence-electron chi connectivity index (χ1n) is 7.90. The van der Waals surface area contributed by atoms with Gasteiger partial charge in [-0.15, -0.1) is 0 Å². The summed E-state index contributed by atoms with van der Waals surface area (Å²) in [5, 5.41) is 6.32. The molecule has 2 N–H and O–H groups in total. The zero-order valence-corrected chi connectivity index (χ0v) is 14.8. The van der Waals surface area contributed by atoms with Gasteiger partial charge in [-0.2, -0.15) is 4.98 Å². The molecule has 26 heavy (non-hydrogen) atoms. The minimum absolute atomic E-state index is 0.485. The summed E-state index contributed by atoms with van der Waals surface area (Å²) in [6, 6.07) is 9.09. The van der Waals surface area contributed by atoms with Crippen molar-refractivity contribution in [3.63, 3.8) is 0 Å². The first-order valence-corrected chi connectivity index (χ1v) is 7.90. The first-order chi connectivity index (χ1) is 12.7. The van der Waals surface area contributed by atoms with Crippen molar-refractivity contribution in [3.8, 4) is 17.2 Å². The van der Waals surface area contributed by atoms with Gasteiger partial charge in [-0.1, -0.05) is 0 Å². The Hall–Kier alpha value is -3.42. The molecule has 136 valence electrons. The molecular weight excluding hydrogens is 336 g/mol. The van der Waals surface area contributed by atoms with Crippen molar-refractivity contribution in [2.24, 2.45) is 0 Å². The zero-order valence-electron chi connectivity index (χ0n) is 14.8. The van der Waals surface area contributed by atoms with Crippen molar-refractivity contribution < 1.29 is 18.6 Å². The molecule has 0 spiro atoms. The minimum Gasteiger partial charge on any atom is -0.493 e. The SMILES string of the molecule is COc1cc(Nc2ccnc(NCc3ccco3)n2)cc(OC)c1OC. The Kier molecular flexibility index (Phi) is 5.43. The van der Waals surface area contributed by atoms with E-state index in [1.807, 2.05) is 12.1 Å². The van der Waals surface area contributed by atoms with Gasteiger partial charge in [0.15, 0.2) is 11.5 Å². The third-order valence-corrected chi connectivity index (χ3v) is 3.59. The average Bonchev–Trinajstić information content (AvgIpc) is 3.19. The maximum Gasteiger partial charge on any atom is 0.224 e. The molecular formula is C18H20N4O4. The van der Waals surface area contributed by atoms with Crippen LogP contribution in [0.5, 0.6) is 17.2 Å². The van der Waals surface area contributed by atoms with Gasteiger partial charge in [-0.3, -0.25) is 0 Å². The molecule has 3 aromatic rings. The number of methoxy groups -OCH3 is 3. The molecule has 0 saturated carbocycles. The number of aromatic nitrogens is 2. The lowest BCUT2D eigenvalue weighted by atomic mass is 10.2. The number of ether oxygens (including phenoxy) is 3. The molecule has 2 aromatic heterocycles. The lowest BCUT2D eigenvalue weighted by Gasteiger charge is -2.15. The van der Waals surface area contributed by atoms with E-state index in [1.165, 1.54) is 0 Å². The van der Waals surface area contributed by atoms with Crippen molar-refractivity contribution in [2.75, 3.05) is 32.0 Å². The third-order valence-electron chi connectivity index (χ3n) is 3.59. The number of nitrogens with one attached hydrogen (secondary N) is 2. The first kappa shape index (κ1) is 17.4. The fraction of sp³-hybridized carbons (Fsp3) is 0.222. The quantitative estimate of drug-likeness (QED) is 0.634. The summed E-state index contributed by atoms with van der Waals surface area (Å²) in [4.78, 5) is 8.64. The molecule has 8 nitrogen and oxygen atoms in total. The number of furan rings is 1. The predicted octanol–water partition coefficient (Wildman–Crippen LogP) is 3.45. The van der Waals surface area contributed by atoms with Crippen LogP contribution in [-0.2, 0) is 6.54 Å². The van der Waals surface area contributed by atoms with Gasteiger partial charge < -0.3 is 29.3 Å². The molecule has 0 fully saturated rings. The van der Waals surface area contributed by atoms with E-state index in [-0.39, 0.29) is 0 Å². The highest BCUT2D eigenvalue weighted by atomic mass is 16.5. The molecule has 3 rings (SSSR count). The van der Waals surface area contributed by atoms with E-state index in [9.17, 15) is 0 Å². The van der Waals surface area contributed by atoms with Crippen LogP contribution in [0, 0.1) is 0 Å². The highest BCUT2D eigenvalue weighted by Gasteiger charge is 2.13. The Morgan fingerprint density at radius 3 is 2.42 bits per heavy atom. The number of benzene rings is 1.